The molecule has 0 aliphatic carbocycles. The van der Waals surface area contributed by atoms with E-state index < -0.39 is 11.9 Å². The van der Waals surface area contributed by atoms with Crippen molar-refractivity contribution in [2.75, 3.05) is 11.4 Å². The number of fused-ring (bicyclic) bond motifs is 2. The standard InChI is InChI=1S/C24H21N3O3/c28-23(22-10-5-13-30-22)26-20(14-17-15-25-19-8-3-2-7-18(17)19)24(29)27-12-11-16-6-1-4-9-21(16)27/h1-10,13,15,20,25H,11-12,14H2,(H,26,28)/t20-/m0/s1. The molecule has 0 radical (unpaired) electrons. The molecule has 2 amide bonds. The van der Waals surface area contributed by atoms with Crippen LogP contribution in [0.1, 0.15) is 21.7 Å². The van der Waals surface area contributed by atoms with E-state index in [-0.39, 0.29) is 11.7 Å². The highest BCUT2D eigenvalue weighted by Gasteiger charge is 2.32. The third kappa shape index (κ3) is 3.26. The van der Waals surface area contributed by atoms with Gasteiger partial charge in [-0.1, -0.05) is 36.4 Å². The number of nitrogens with one attached hydrogen (secondary N) is 2. The van der Waals surface area contributed by atoms with E-state index in [0.29, 0.717) is 13.0 Å². The van der Waals surface area contributed by atoms with Gasteiger partial charge in [0.05, 0.1) is 6.26 Å². The van der Waals surface area contributed by atoms with Gasteiger partial charge in [-0.15, -0.1) is 0 Å². The van der Waals surface area contributed by atoms with Crippen LogP contribution in [0.15, 0.2) is 77.5 Å². The number of aromatic amines is 1. The quantitative estimate of drug-likeness (QED) is 0.537. The molecule has 0 spiro atoms. The fourth-order valence-corrected chi connectivity index (χ4v) is 4.11. The predicted molar refractivity (Wildman–Crippen MR) is 114 cm³/mol. The lowest BCUT2D eigenvalue weighted by Gasteiger charge is -2.24. The summed E-state index contributed by atoms with van der Waals surface area (Å²) in [6, 6.07) is 18.4. The van der Waals surface area contributed by atoms with Crippen LogP contribution in [0.2, 0.25) is 0 Å². The second kappa shape index (κ2) is 7.55. The minimum absolute atomic E-state index is 0.120. The first-order chi connectivity index (χ1) is 14.7. The number of aromatic nitrogens is 1. The van der Waals surface area contributed by atoms with Crippen LogP contribution in [0.3, 0.4) is 0 Å². The van der Waals surface area contributed by atoms with Gasteiger partial charge in [-0.2, -0.15) is 0 Å². The van der Waals surface area contributed by atoms with Gasteiger partial charge in [-0.05, 0) is 41.8 Å². The average molecular weight is 399 g/mol. The Morgan fingerprint density at radius 1 is 1.07 bits per heavy atom. The Hall–Kier alpha value is -3.80. The van der Waals surface area contributed by atoms with Gasteiger partial charge in [-0.25, -0.2) is 0 Å². The zero-order valence-electron chi connectivity index (χ0n) is 16.3. The van der Waals surface area contributed by atoms with Crippen LogP contribution in [0.5, 0.6) is 0 Å². The number of furan rings is 1. The molecule has 2 aromatic carbocycles. The third-order valence-electron chi connectivity index (χ3n) is 5.60. The summed E-state index contributed by atoms with van der Waals surface area (Å²) in [5.74, 6) is -0.329. The summed E-state index contributed by atoms with van der Waals surface area (Å²) in [5.41, 5.74) is 4.05. The van der Waals surface area contributed by atoms with Crippen LogP contribution >= 0.6 is 0 Å². The molecular formula is C24H21N3O3. The average Bonchev–Trinajstić information content (AvgIpc) is 3.52. The van der Waals surface area contributed by atoms with E-state index in [4.69, 9.17) is 4.42 Å². The molecule has 6 heteroatoms. The summed E-state index contributed by atoms with van der Waals surface area (Å²) in [4.78, 5) is 31.3. The number of nitrogens with zero attached hydrogens (tertiary/aromatic N) is 1. The smallest absolute Gasteiger partial charge is 0.287 e. The third-order valence-corrected chi connectivity index (χ3v) is 5.60. The lowest BCUT2D eigenvalue weighted by atomic mass is 10.0. The van der Waals surface area contributed by atoms with Crippen LogP contribution in [0.4, 0.5) is 5.69 Å². The minimum atomic E-state index is -0.715. The first-order valence-electron chi connectivity index (χ1n) is 9.99. The van der Waals surface area contributed by atoms with Crippen LogP contribution in [0, 0.1) is 0 Å². The van der Waals surface area contributed by atoms with E-state index in [1.165, 1.54) is 6.26 Å². The molecule has 4 aromatic rings. The number of H-pyrrole nitrogens is 1. The van der Waals surface area contributed by atoms with E-state index in [1.807, 2.05) is 54.7 Å². The molecule has 1 aliphatic heterocycles. The maximum Gasteiger partial charge on any atom is 0.287 e. The number of anilines is 1. The molecule has 2 aromatic heterocycles. The molecule has 0 saturated carbocycles. The van der Waals surface area contributed by atoms with Gasteiger partial charge in [-0.3, -0.25) is 9.59 Å². The molecule has 1 aliphatic rings. The number of rotatable bonds is 5. The second-order valence-corrected chi connectivity index (χ2v) is 7.44. The zero-order valence-corrected chi connectivity index (χ0v) is 16.3. The van der Waals surface area contributed by atoms with E-state index in [2.05, 4.69) is 10.3 Å². The van der Waals surface area contributed by atoms with Gasteiger partial charge in [0.25, 0.3) is 5.91 Å². The number of hydrogen-bond donors (Lipinski definition) is 2. The van der Waals surface area contributed by atoms with Crippen molar-refractivity contribution in [3.8, 4) is 0 Å². The first-order valence-corrected chi connectivity index (χ1v) is 9.99. The molecule has 6 nitrogen and oxygen atoms in total. The number of benzene rings is 2. The molecule has 150 valence electrons. The highest BCUT2D eigenvalue weighted by atomic mass is 16.3. The Labute approximate surface area is 173 Å². The number of carbonyl (C=O) groups excluding carboxylic acids is 2. The largest absolute Gasteiger partial charge is 0.459 e. The van der Waals surface area contributed by atoms with Crippen molar-refractivity contribution in [2.24, 2.45) is 0 Å². The van der Waals surface area contributed by atoms with Crippen molar-refractivity contribution in [1.29, 1.82) is 0 Å². The molecule has 0 unspecified atom stereocenters. The Bertz CT molecular complexity index is 1210. The van der Waals surface area contributed by atoms with Gasteiger partial charge in [0.15, 0.2) is 5.76 Å². The molecule has 0 fully saturated rings. The Balaban J connectivity index is 1.46. The topological polar surface area (TPSA) is 78.3 Å². The summed E-state index contributed by atoms with van der Waals surface area (Å²) >= 11 is 0. The van der Waals surface area contributed by atoms with Crippen molar-refractivity contribution in [3.05, 3.63) is 90.0 Å². The predicted octanol–water partition coefficient (Wildman–Crippen LogP) is 3.69. The first kappa shape index (κ1) is 18.2. The minimum Gasteiger partial charge on any atom is -0.459 e. The van der Waals surface area contributed by atoms with Crippen LogP contribution in [-0.2, 0) is 17.6 Å². The molecule has 5 rings (SSSR count). The van der Waals surface area contributed by atoms with Crippen molar-refractivity contribution < 1.29 is 14.0 Å². The fraction of sp³-hybridized carbons (Fsp3) is 0.167. The van der Waals surface area contributed by atoms with Gasteiger partial charge in [0.2, 0.25) is 5.91 Å². The molecular weight excluding hydrogens is 378 g/mol. The van der Waals surface area contributed by atoms with Gasteiger partial charge in [0.1, 0.15) is 6.04 Å². The van der Waals surface area contributed by atoms with Crippen LogP contribution in [-0.4, -0.2) is 29.4 Å². The maximum absolute atomic E-state index is 13.5. The van der Waals surface area contributed by atoms with Crippen molar-refractivity contribution in [3.63, 3.8) is 0 Å². The number of hydrogen-bond acceptors (Lipinski definition) is 3. The Morgan fingerprint density at radius 3 is 2.77 bits per heavy atom. The molecule has 0 bridgehead atoms. The Morgan fingerprint density at radius 2 is 1.90 bits per heavy atom. The lowest BCUT2D eigenvalue weighted by molar-refractivity contribution is -0.120. The van der Waals surface area contributed by atoms with Crippen molar-refractivity contribution in [2.45, 2.75) is 18.9 Å². The molecule has 30 heavy (non-hydrogen) atoms. The molecule has 3 heterocycles. The van der Waals surface area contributed by atoms with Crippen LogP contribution < -0.4 is 10.2 Å². The van der Waals surface area contributed by atoms with E-state index >= 15 is 0 Å². The van der Waals surface area contributed by atoms with E-state index in [9.17, 15) is 9.59 Å². The normalized spacial score (nSPS) is 13.9. The number of carbonyl (C=O) groups is 2. The summed E-state index contributed by atoms with van der Waals surface area (Å²) in [7, 11) is 0. The molecule has 1 atom stereocenters. The van der Waals surface area contributed by atoms with Gasteiger partial charge >= 0.3 is 0 Å². The molecule has 0 saturated heterocycles. The van der Waals surface area contributed by atoms with Gasteiger partial charge < -0.3 is 19.6 Å². The van der Waals surface area contributed by atoms with Crippen LogP contribution in [0.25, 0.3) is 10.9 Å². The lowest BCUT2D eigenvalue weighted by Crippen LogP contribution is -2.49. The zero-order chi connectivity index (χ0) is 20.5. The number of amides is 2. The van der Waals surface area contributed by atoms with E-state index in [0.717, 1.165) is 34.1 Å². The van der Waals surface area contributed by atoms with E-state index in [1.54, 1.807) is 17.0 Å². The second-order valence-electron chi connectivity index (χ2n) is 7.44. The summed E-state index contributed by atoms with van der Waals surface area (Å²) in [5, 5.41) is 3.94. The monoisotopic (exact) mass is 399 g/mol. The highest BCUT2D eigenvalue weighted by molar-refractivity contribution is 6.03. The number of para-hydroxylation sites is 2. The fourth-order valence-electron chi connectivity index (χ4n) is 4.11. The summed E-state index contributed by atoms with van der Waals surface area (Å²) in [6.07, 6.45) is 4.55. The highest BCUT2D eigenvalue weighted by Crippen LogP contribution is 2.29. The summed E-state index contributed by atoms with van der Waals surface area (Å²) < 4.78 is 5.22. The SMILES string of the molecule is O=C(N[C@@H](Cc1c[nH]c2ccccc12)C(=O)N1CCc2ccccc21)c1ccco1. The molecule has 2 N–H and O–H groups in total. The van der Waals surface area contributed by atoms with Gasteiger partial charge in [0, 0.05) is 35.8 Å². The van der Waals surface area contributed by atoms with Crippen molar-refractivity contribution in [1.82, 2.24) is 10.3 Å². The van der Waals surface area contributed by atoms with Crippen molar-refractivity contribution >= 4 is 28.4 Å². The Kier molecular flexibility index (Phi) is 4.59. The summed E-state index contributed by atoms with van der Waals surface area (Å²) in [6.45, 7) is 0.610. The maximum atomic E-state index is 13.5.